The van der Waals surface area contributed by atoms with E-state index in [-0.39, 0.29) is 24.0 Å². The van der Waals surface area contributed by atoms with E-state index in [1.807, 2.05) is 25.1 Å². The van der Waals surface area contributed by atoms with Crippen LogP contribution in [0, 0.1) is 6.92 Å². The van der Waals surface area contributed by atoms with Gasteiger partial charge in [-0.05, 0) is 39.2 Å². The van der Waals surface area contributed by atoms with Gasteiger partial charge in [-0.15, -0.1) is 11.3 Å². The second-order valence-corrected chi connectivity index (χ2v) is 7.90. The molecule has 1 fully saturated rings. The maximum Gasteiger partial charge on any atom is 0.266 e. The van der Waals surface area contributed by atoms with Crippen LogP contribution in [-0.2, 0) is 5.41 Å². The molecule has 1 aliphatic rings. The highest BCUT2D eigenvalue weighted by Crippen LogP contribution is 2.36. The molecule has 0 aliphatic carbocycles. The number of rotatable bonds is 4. The summed E-state index contributed by atoms with van der Waals surface area (Å²) in [6.07, 6.45) is 1.83. The molecule has 1 saturated heterocycles. The molecule has 3 rings (SSSR count). The lowest BCUT2D eigenvalue weighted by Gasteiger charge is -2.23. The summed E-state index contributed by atoms with van der Waals surface area (Å²) in [6.45, 7) is 6.94. The van der Waals surface area contributed by atoms with E-state index in [1.54, 1.807) is 4.90 Å². The Labute approximate surface area is 147 Å². The predicted molar refractivity (Wildman–Crippen MR) is 96.6 cm³/mol. The molecule has 5 heteroatoms. The van der Waals surface area contributed by atoms with Gasteiger partial charge in [-0.3, -0.25) is 4.79 Å². The lowest BCUT2D eigenvalue weighted by Crippen LogP contribution is -2.37. The number of carbonyl (C=O) groups excluding carboxylic acids is 1. The van der Waals surface area contributed by atoms with E-state index in [2.05, 4.69) is 26.0 Å². The second-order valence-electron chi connectivity index (χ2n) is 6.90. The van der Waals surface area contributed by atoms with Crippen molar-refractivity contribution in [1.29, 1.82) is 0 Å². The molecule has 1 amide bonds. The fourth-order valence-electron chi connectivity index (χ4n) is 3.26. The third-order valence-corrected chi connectivity index (χ3v) is 6.34. The minimum absolute atomic E-state index is 0.0108. The minimum Gasteiger partial charge on any atom is -0.394 e. The second kappa shape index (κ2) is 6.65. The first kappa shape index (κ1) is 17.1. The number of aliphatic hydroxyl groups excluding tert-OH is 1. The lowest BCUT2D eigenvalue weighted by atomic mass is 9.85. The van der Waals surface area contributed by atoms with Crippen molar-refractivity contribution >= 4 is 17.2 Å². The Morgan fingerprint density at radius 1 is 1.38 bits per heavy atom. The fourth-order valence-corrected chi connectivity index (χ4v) is 4.41. The molecule has 0 unspecified atom stereocenters. The summed E-state index contributed by atoms with van der Waals surface area (Å²) in [5.74, 6) is 0.0108. The minimum atomic E-state index is -0.239. The van der Waals surface area contributed by atoms with Gasteiger partial charge >= 0.3 is 0 Å². The van der Waals surface area contributed by atoms with Gasteiger partial charge in [-0.25, -0.2) is 4.98 Å². The number of aromatic nitrogens is 1. The van der Waals surface area contributed by atoms with Crippen LogP contribution in [0.4, 0.5) is 0 Å². The molecule has 2 heterocycles. The normalized spacial score (nSPS) is 18.2. The number of aliphatic hydroxyl groups is 1. The van der Waals surface area contributed by atoms with E-state index < -0.39 is 0 Å². The maximum atomic E-state index is 12.9. The first-order chi connectivity index (χ1) is 11.4. The average Bonchev–Trinajstić information content (AvgIpc) is 3.21. The molecule has 24 heavy (non-hydrogen) atoms. The van der Waals surface area contributed by atoms with Crippen molar-refractivity contribution in [2.45, 2.75) is 45.1 Å². The predicted octanol–water partition coefficient (Wildman–Crippen LogP) is 3.37. The molecule has 0 saturated carbocycles. The highest BCUT2D eigenvalue weighted by Gasteiger charge is 2.33. The van der Waals surface area contributed by atoms with E-state index in [0.29, 0.717) is 4.88 Å². The summed E-state index contributed by atoms with van der Waals surface area (Å²) < 4.78 is 0. The van der Waals surface area contributed by atoms with Crippen LogP contribution >= 0.6 is 11.3 Å². The number of carbonyl (C=O) groups is 1. The standard InChI is InChI=1S/C19H24N2O2S/c1-13-16(17(23)21-11-7-10-15(21)12-22)24-18(20-13)19(2,3)14-8-5-4-6-9-14/h4-6,8-9,15,22H,7,10-12H2,1-3H3/t15-/m1/s1. The van der Waals surface area contributed by atoms with Crippen LogP contribution in [0.1, 0.15) is 52.6 Å². The number of benzene rings is 1. The molecule has 1 N–H and O–H groups in total. The Morgan fingerprint density at radius 3 is 2.75 bits per heavy atom. The summed E-state index contributed by atoms with van der Waals surface area (Å²) in [7, 11) is 0. The van der Waals surface area contributed by atoms with Crippen molar-refractivity contribution in [3.8, 4) is 0 Å². The van der Waals surface area contributed by atoms with E-state index in [9.17, 15) is 9.90 Å². The van der Waals surface area contributed by atoms with E-state index >= 15 is 0 Å². The van der Waals surface area contributed by atoms with Crippen LogP contribution < -0.4 is 0 Å². The van der Waals surface area contributed by atoms with E-state index in [1.165, 1.54) is 16.9 Å². The molecule has 128 valence electrons. The van der Waals surface area contributed by atoms with Crippen LogP contribution in [0.5, 0.6) is 0 Å². The van der Waals surface area contributed by atoms with Gasteiger partial charge in [0, 0.05) is 12.0 Å². The third kappa shape index (κ3) is 2.98. The van der Waals surface area contributed by atoms with Gasteiger partial charge < -0.3 is 10.0 Å². The Kier molecular flexibility index (Phi) is 4.74. The zero-order valence-electron chi connectivity index (χ0n) is 14.5. The average molecular weight is 344 g/mol. The Hall–Kier alpha value is -1.72. The van der Waals surface area contributed by atoms with Crippen molar-refractivity contribution in [3.63, 3.8) is 0 Å². The summed E-state index contributed by atoms with van der Waals surface area (Å²) in [4.78, 5) is 20.1. The van der Waals surface area contributed by atoms with Crippen LogP contribution in [0.15, 0.2) is 30.3 Å². The van der Waals surface area contributed by atoms with E-state index in [0.717, 1.165) is 30.1 Å². The highest BCUT2D eigenvalue weighted by atomic mass is 32.1. The van der Waals surface area contributed by atoms with Crippen molar-refractivity contribution in [1.82, 2.24) is 9.88 Å². The Balaban J connectivity index is 1.92. The third-order valence-electron chi connectivity index (χ3n) is 4.87. The van der Waals surface area contributed by atoms with Crippen molar-refractivity contribution < 1.29 is 9.90 Å². The molecular formula is C19H24N2O2S. The smallest absolute Gasteiger partial charge is 0.266 e. The topological polar surface area (TPSA) is 53.4 Å². The van der Waals surface area contributed by atoms with Crippen LogP contribution in [0.2, 0.25) is 0 Å². The summed E-state index contributed by atoms with van der Waals surface area (Å²) in [5, 5.41) is 10.4. The van der Waals surface area contributed by atoms with Gasteiger partial charge in [0.15, 0.2) is 0 Å². The zero-order chi connectivity index (χ0) is 17.3. The van der Waals surface area contributed by atoms with Crippen molar-refractivity contribution in [3.05, 3.63) is 51.5 Å². The number of likely N-dealkylation sites (tertiary alicyclic amines) is 1. The molecule has 1 aromatic heterocycles. The summed E-state index contributed by atoms with van der Waals surface area (Å²) >= 11 is 1.48. The fraction of sp³-hybridized carbons (Fsp3) is 0.474. The van der Waals surface area contributed by atoms with Crippen molar-refractivity contribution in [2.75, 3.05) is 13.2 Å². The summed E-state index contributed by atoms with van der Waals surface area (Å²) in [6, 6.07) is 10.2. The van der Waals surface area contributed by atoms with Crippen LogP contribution in [-0.4, -0.2) is 40.1 Å². The number of nitrogens with zero attached hydrogens (tertiary/aromatic N) is 2. The Morgan fingerprint density at radius 2 is 2.08 bits per heavy atom. The SMILES string of the molecule is Cc1nc(C(C)(C)c2ccccc2)sc1C(=O)N1CCC[C@@H]1CO. The number of amides is 1. The molecule has 0 spiro atoms. The van der Waals surface area contributed by atoms with Crippen LogP contribution in [0.25, 0.3) is 0 Å². The van der Waals surface area contributed by atoms with Gasteiger partial charge in [0.2, 0.25) is 0 Å². The van der Waals surface area contributed by atoms with Gasteiger partial charge in [0.1, 0.15) is 9.88 Å². The van der Waals surface area contributed by atoms with Crippen molar-refractivity contribution in [2.24, 2.45) is 0 Å². The molecule has 0 radical (unpaired) electrons. The largest absolute Gasteiger partial charge is 0.394 e. The molecular weight excluding hydrogens is 320 g/mol. The number of thiazole rings is 1. The quantitative estimate of drug-likeness (QED) is 0.925. The monoisotopic (exact) mass is 344 g/mol. The van der Waals surface area contributed by atoms with Crippen LogP contribution in [0.3, 0.4) is 0 Å². The Bertz CT molecular complexity index is 724. The van der Waals surface area contributed by atoms with Gasteiger partial charge in [-0.1, -0.05) is 30.3 Å². The lowest BCUT2D eigenvalue weighted by molar-refractivity contribution is 0.0681. The molecule has 1 atom stereocenters. The van der Waals surface area contributed by atoms with E-state index in [4.69, 9.17) is 4.98 Å². The molecule has 1 aliphatic heterocycles. The number of aryl methyl sites for hydroxylation is 1. The molecule has 0 bridgehead atoms. The highest BCUT2D eigenvalue weighted by molar-refractivity contribution is 7.14. The van der Waals surface area contributed by atoms with Gasteiger partial charge in [0.25, 0.3) is 5.91 Å². The number of hydrogen-bond acceptors (Lipinski definition) is 4. The first-order valence-electron chi connectivity index (χ1n) is 8.40. The zero-order valence-corrected chi connectivity index (χ0v) is 15.3. The van der Waals surface area contributed by atoms with Gasteiger partial charge in [0.05, 0.1) is 18.3 Å². The maximum absolute atomic E-state index is 12.9. The molecule has 4 nitrogen and oxygen atoms in total. The number of hydrogen-bond donors (Lipinski definition) is 1. The first-order valence-corrected chi connectivity index (χ1v) is 9.22. The molecule has 2 aromatic rings. The molecule has 1 aromatic carbocycles. The van der Waals surface area contributed by atoms with Gasteiger partial charge in [-0.2, -0.15) is 0 Å². The summed E-state index contributed by atoms with van der Waals surface area (Å²) in [5.41, 5.74) is 1.73.